The molecule has 5 nitrogen and oxygen atoms in total. The summed E-state index contributed by atoms with van der Waals surface area (Å²) in [6.07, 6.45) is 2.50. The molecule has 1 aliphatic heterocycles. The van der Waals surface area contributed by atoms with Crippen molar-refractivity contribution in [1.82, 2.24) is 9.80 Å². The molecular weight excluding hydrogens is 376 g/mol. The van der Waals surface area contributed by atoms with Crippen molar-refractivity contribution in [3.05, 3.63) is 65.2 Å². The van der Waals surface area contributed by atoms with Crippen LogP contribution >= 0.6 is 0 Å². The second-order valence-electron chi connectivity index (χ2n) is 7.99. The fourth-order valence-electron chi connectivity index (χ4n) is 4.14. The highest BCUT2D eigenvalue weighted by molar-refractivity contribution is 5.94. The van der Waals surface area contributed by atoms with Crippen LogP contribution in [0, 0.1) is 13.8 Å². The molecule has 0 unspecified atom stereocenters. The summed E-state index contributed by atoms with van der Waals surface area (Å²) < 4.78 is 5.91. The van der Waals surface area contributed by atoms with E-state index in [1.807, 2.05) is 72.2 Å². The lowest BCUT2D eigenvalue weighted by atomic mass is 10.0. The van der Waals surface area contributed by atoms with Gasteiger partial charge in [-0.2, -0.15) is 0 Å². The molecule has 0 saturated carbocycles. The number of hydrogen-bond donors (Lipinski definition) is 0. The predicted octanol–water partition coefficient (Wildman–Crippen LogP) is 4.23. The number of benzene rings is 2. The van der Waals surface area contributed by atoms with Crippen LogP contribution in [0.5, 0.6) is 5.75 Å². The number of carbonyl (C=O) groups excluding carboxylic acids is 2. The lowest BCUT2D eigenvalue weighted by Crippen LogP contribution is -2.50. The molecule has 0 bridgehead atoms. The first-order chi connectivity index (χ1) is 14.5. The van der Waals surface area contributed by atoms with Gasteiger partial charge in [0.2, 0.25) is 0 Å². The summed E-state index contributed by atoms with van der Waals surface area (Å²) >= 11 is 0. The zero-order valence-electron chi connectivity index (χ0n) is 18.3. The third-order valence-corrected chi connectivity index (χ3v) is 5.75. The number of piperidine rings is 1. The Bertz CT molecular complexity index is 838. The largest absolute Gasteiger partial charge is 0.483 e. The van der Waals surface area contributed by atoms with Gasteiger partial charge in [-0.25, -0.2) is 0 Å². The monoisotopic (exact) mass is 408 g/mol. The van der Waals surface area contributed by atoms with Gasteiger partial charge in [0, 0.05) is 31.2 Å². The minimum Gasteiger partial charge on any atom is -0.483 e. The summed E-state index contributed by atoms with van der Waals surface area (Å²) in [4.78, 5) is 29.5. The number of carbonyl (C=O) groups is 2. The van der Waals surface area contributed by atoms with Gasteiger partial charge < -0.3 is 14.5 Å². The van der Waals surface area contributed by atoms with Crippen LogP contribution in [0.4, 0.5) is 0 Å². The van der Waals surface area contributed by atoms with Gasteiger partial charge in [-0.1, -0.05) is 43.3 Å². The van der Waals surface area contributed by atoms with Crippen molar-refractivity contribution in [2.75, 3.05) is 26.2 Å². The SMILES string of the molecule is CCCN(C(=O)COc1c(C)cccc1C)C1CCN(C(=O)c2ccccc2)CC1. The standard InChI is InChI=1S/C25H32N2O3/c1-4-15-27(23(28)18-30-24-19(2)9-8-10-20(24)3)22-13-16-26(17-14-22)25(29)21-11-6-5-7-12-21/h5-12,22H,4,13-18H2,1-3H3. The Morgan fingerprint density at radius 1 is 1.00 bits per heavy atom. The van der Waals surface area contributed by atoms with Crippen LogP contribution in [-0.4, -0.2) is 53.9 Å². The summed E-state index contributed by atoms with van der Waals surface area (Å²) in [7, 11) is 0. The number of nitrogens with zero attached hydrogens (tertiary/aromatic N) is 2. The number of hydrogen-bond acceptors (Lipinski definition) is 3. The van der Waals surface area contributed by atoms with Crippen LogP contribution in [0.2, 0.25) is 0 Å². The lowest BCUT2D eigenvalue weighted by molar-refractivity contribution is -0.136. The van der Waals surface area contributed by atoms with Crippen LogP contribution in [0.25, 0.3) is 0 Å². The van der Waals surface area contributed by atoms with Gasteiger partial charge in [0.25, 0.3) is 11.8 Å². The number of rotatable bonds is 7. The molecule has 30 heavy (non-hydrogen) atoms. The first-order valence-electron chi connectivity index (χ1n) is 10.8. The molecule has 0 aromatic heterocycles. The zero-order valence-corrected chi connectivity index (χ0v) is 18.3. The van der Waals surface area contributed by atoms with E-state index in [2.05, 4.69) is 6.92 Å². The van der Waals surface area contributed by atoms with Crippen LogP contribution in [0.3, 0.4) is 0 Å². The van der Waals surface area contributed by atoms with E-state index < -0.39 is 0 Å². The lowest BCUT2D eigenvalue weighted by Gasteiger charge is -2.38. The maximum absolute atomic E-state index is 13.0. The Labute approximate surface area is 179 Å². The summed E-state index contributed by atoms with van der Waals surface area (Å²) in [6.45, 7) is 8.18. The normalized spacial score (nSPS) is 14.4. The topological polar surface area (TPSA) is 49.9 Å². The summed E-state index contributed by atoms with van der Waals surface area (Å²) in [5, 5.41) is 0. The van der Waals surface area contributed by atoms with Crippen LogP contribution in [0.1, 0.15) is 47.7 Å². The molecule has 0 radical (unpaired) electrons. The molecule has 3 rings (SSSR count). The fraction of sp³-hybridized carbons (Fsp3) is 0.440. The van der Waals surface area contributed by atoms with Crippen molar-refractivity contribution in [2.24, 2.45) is 0 Å². The molecule has 2 aromatic rings. The Kier molecular flexibility index (Phi) is 7.50. The van der Waals surface area contributed by atoms with Gasteiger partial charge >= 0.3 is 0 Å². The minimum absolute atomic E-state index is 0.0207. The van der Waals surface area contributed by atoms with E-state index in [-0.39, 0.29) is 24.5 Å². The van der Waals surface area contributed by atoms with Gasteiger partial charge in [0.15, 0.2) is 6.61 Å². The van der Waals surface area contributed by atoms with E-state index in [4.69, 9.17) is 4.74 Å². The Hall–Kier alpha value is -2.82. The molecule has 1 saturated heterocycles. The summed E-state index contributed by atoms with van der Waals surface area (Å²) in [5.41, 5.74) is 2.80. The van der Waals surface area contributed by atoms with Crippen molar-refractivity contribution < 1.29 is 14.3 Å². The Morgan fingerprint density at radius 2 is 1.63 bits per heavy atom. The summed E-state index contributed by atoms with van der Waals surface area (Å²) in [6, 6.07) is 15.5. The third-order valence-electron chi connectivity index (χ3n) is 5.75. The number of amides is 2. The summed E-state index contributed by atoms with van der Waals surface area (Å²) in [5.74, 6) is 0.888. The molecule has 0 spiro atoms. The molecule has 0 aliphatic carbocycles. The molecule has 160 valence electrons. The first kappa shape index (κ1) is 21.9. The predicted molar refractivity (Wildman–Crippen MR) is 119 cm³/mol. The van der Waals surface area contributed by atoms with Gasteiger partial charge in [-0.15, -0.1) is 0 Å². The smallest absolute Gasteiger partial charge is 0.260 e. The van der Waals surface area contributed by atoms with E-state index in [9.17, 15) is 9.59 Å². The molecule has 5 heteroatoms. The highest BCUT2D eigenvalue weighted by atomic mass is 16.5. The van der Waals surface area contributed by atoms with Crippen LogP contribution in [-0.2, 0) is 4.79 Å². The van der Waals surface area contributed by atoms with Crippen LogP contribution in [0.15, 0.2) is 48.5 Å². The number of likely N-dealkylation sites (tertiary alicyclic amines) is 1. The molecule has 2 aromatic carbocycles. The number of ether oxygens (including phenoxy) is 1. The third kappa shape index (κ3) is 5.21. The highest BCUT2D eigenvalue weighted by Gasteiger charge is 2.29. The average molecular weight is 409 g/mol. The van der Waals surface area contributed by atoms with Gasteiger partial charge in [-0.3, -0.25) is 9.59 Å². The van der Waals surface area contributed by atoms with E-state index in [0.717, 1.165) is 41.7 Å². The van der Waals surface area contributed by atoms with Gasteiger partial charge in [-0.05, 0) is 56.4 Å². The van der Waals surface area contributed by atoms with E-state index >= 15 is 0 Å². The first-order valence-corrected chi connectivity index (χ1v) is 10.8. The number of aryl methyl sites for hydroxylation is 2. The van der Waals surface area contributed by atoms with E-state index in [1.165, 1.54) is 0 Å². The fourth-order valence-corrected chi connectivity index (χ4v) is 4.14. The maximum Gasteiger partial charge on any atom is 0.260 e. The Balaban J connectivity index is 1.58. The second-order valence-corrected chi connectivity index (χ2v) is 7.99. The van der Waals surface area contributed by atoms with E-state index in [1.54, 1.807) is 0 Å². The highest BCUT2D eigenvalue weighted by Crippen LogP contribution is 2.23. The maximum atomic E-state index is 13.0. The minimum atomic E-state index is 0.0207. The van der Waals surface area contributed by atoms with Crippen LogP contribution < -0.4 is 4.74 Å². The van der Waals surface area contributed by atoms with Gasteiger partial charge in [0.05, 0.1) is 0 Å². The molecule has 0 atom stereocenters. The quantitative estimate of drug-likeness (QED) is 0.689. The van der Waals surface area contributed by atoms with Crippen molar-refractivity contribution in [1.29, 1.82) is 0 Å². The van der Waals surface area contributed by atoms with Crippen molar-refractivity contribution in [2.45, 2.75) is 46.1 Å². The zero-order chi connectivity index (χ0) is 21.5. The van der Waals surface area contributed by atoms with Crippen molar-refractivity contribution in [3.63, 3.8) is 0 Å². The van der Waals surface area contributed by atoms with Crippen molar-refractivity contribution >= 4 is 11.8 Å². The molecule has 1 heterocycles. The van der Waals surface area contributed by atoms with Crippen molar-refractivity contribution in [3.8, 4) is 5.75 Å². The van der Waals surface area contributed by atoms with E-state index in [0.29, 0.717) is 19.6 Å². The average Bonchev–Trinajstić information content (AvgIpc) is 2.77. The second kappa shape index (κ2) is 10.3. The molecular formula is C25H32N2O3. The molecule has 1 aliphatic rings. The Morgan fingerprint density at radius 3 is 2.23 bits per heavy atom. The molecule has 0 N–H and O–H groups in total. The molecule has 2 amide bonds. The number of para-hydroxylation sites is 1. The molecule has 1 fully saturated rings. The van der Waals surface area contributed by atoms with Gasteiger partial charge in [0.1, 0.15) is 5.75 Å².